The molecular weight excluding hydrogens is 236 g/mol. The van der Waals surface area contributed by atoms with E-state index in [4.69, 9.17) is 9.84 Å². The first-order valence-corrected chi connectivity index (χ1v) is 5.77. The maximum Gasteiger partial charge on any atom is 0.326 e. The van der Waals surface area contributed by atoms with Crippen LogP contribution in [-0.4, -0.2) is 41.3 Å². The molecule has 0 aromatic carbocycles. The van der Waals surface area contributed by atoms with Crippen molar-refractivity contribution < 1.29 is 19.4 Å². The third kappa shape index (κ3) is 3.59. The van der Waals surface area contributed by atoms with Gasteiger partial charge in [-0.15, -0.1) is 0 Å². The number of hydrogen-bond donors (Lipinski definition) is 2. The molecule has 0 bridgehead atoms. The Balaban J connectivity index is 2.71. The number of amides is 1. The zero-order chi connectivity index (χ0) is 13.5. The van der Waals surface area contributed by atoms with Crippen molar-refractivity contribution in [3.05, 3.63) is 24.0 Å². The quantitative estimate of drug-likeness (QED) is 0.751. The van der Waals surface area contributed by atoms with Crippen molar-refractivity contribution in [3.63, 3.8) is 0 Å². The molecule has 1 amide bonds. The van der Waals surface area contributed by atoms with E-state index in [9.17, 15) is 9.59 Å². The van der Waals surface area contributed by atoms with Gasteiger partial charge in [0.25, 0.3) is 5.91 Å². The van der Waals surface area contributed by atoms with E-state index in [2.05, 4.69) is 5.32 Å². The third-order valence-corrected chi connectivity index (χ3v) is 2.61. The van der Waals surface area contributed by atoms with E-state index in [1.807, 2.05) is 0 Å². The van der Waals surface area contributed by atoms with Gasteiger partial charge in [0.05, 0.1) is 6.61 Å². The molecule has 1 heterocycles. The molecular formula is C12H18N2O4. The predicted molar refractivity (Wildman–Crippen MR) is 65.5 cm³/mol. The van der Waals surface area contributed by atoms with Crippen LogP contribution in [0.3, 0.4) is 0 Å². The fourth-order valence-corrected chi connectivity index (χ4v) is 1.58. The predicted octanol–water partition coefficient (Wildman–Crippen LogP) is 0.728. The van der Waals surface area contributed by atoms with Crippen LogP contribution in [0.2, 0.25) is 0 Å². The minimum absolute atomic E-state index is 0.347. The summed E-state index contributed by atoms with van der Waals surface area (Å²) < 4.78 is 6.67. The number of methoxy groups -OCH3 is 1. The highest BCUT2D eigenvalue weighted by atomic mass is 16.5. The molecule has 6 nitrogen and oxygen atoms in total. The van der Waals surface area contributed by atoms with Gasteiger partial charge in [0, 0.05) is 19.9 Å². The number of nitrogens with zero attached hydrogens (tertiary/aromatic N) is 1. The molecule has 1 atom stereocenters. The molecule has 18 heavy (non-hydrogen) atoms. The minimum atomic E-state index is -1.03. The van der Waals surface area contributed by atoms with E-state index in [1.165, 1.54) is 0 Å². The zero-order valence-corrected chi connectivity index (χ0v) is 10.5. The van der Waals surface area contributed by atoms with Gasteiger partial charge in [-0.3, -0.25) is 4.79 Å². The van der Waals surface area contributed by atoms with Crippen LogP contribution in [0.15, 0.2) is 18.3 Å². The molecule has 0 aliphatic heterocycles. The number of aromatic nitrogens is 1. The van der Waals surface area contributed by atoms with Gasteiger partial charge in [0.15, 0.2) is 0 Å². The second-order valence-electron chi connectivity index (χ2n) is 3.85. The highest BCUT2D eigenvalue weighted by molar-refractivity contribution is 5.95. The van der Waals surface area contributed by atoms with Gasteiger partial charge in [-0.1, -0.05) is 6.92 Å². The molecule has 0 aliphatic carbocycles. The van der Waals surface area contributed by atoms with E-state index in [0.29, 0.717) is 25.3 Å². The Bertz CT molecular complexity index is 414. The maximum atomic E-state index is 11.9. The molecule has 0 aliphatic rings. The Kier molecular flexibility index (Phi) is 5.38. The highest BCUT2D eigenvalue weighted by Gasteiger charge is 2.20. The van der Waals surface area contributed by atoms with E-state index in [0.717, 1.165) is 0 Å². The SMILES string of the molecule is CCC(NC(=O)c1cccn1CCOC)C(=O)O. The molecule has 100 valence electrons. The molecule has 2 N–H and O–H groups in total. The van der Waals surface area contributed by atoms with Gasteiger partial charge in [-0.25, -0.2) is 4.79 Å². The molecule has 1 rings (SSSR count). The van der Waals surface area contributed by atoms with Gasteiger partial charge in [0.1, 0.15) is 11.7 Å². The van der Waals surface area contributed by atoms with Gasteiger partial charge >= 0.3 is 5.97 Å². The van der Waals surface area contributed by atoms with Crippen LogP contribution in [0, 0.1) is 0 Å². The summed E-state index contributed by atoms with van der Waals surface area (Å²) in [5, 5.41) is 11.4. The van der Waals surface area contributed by atoms with Crippen molar-refractivity contribution in [2.75, 3.05) is 13.7 Å². The van der Waals surface area contributed by atoms with Gasteiger partial charge in [-0.2, -0.15) is 0 Å². The topological polar surface area (TPSA) is 80.6 Å². The summed E-state index contributed by atoms with van der Waals surface area (Å²) in [6, 6.07) is 2.54. The second-order valence-corrected chi connectivity index (χ2v) is 3.85. The molecule has 1 aromatic rings. The van der Waals surface area contributed by atoms with Crippen LogP contribution in [-0.2, 0) is 16.1 Å². The molecule has 0 fully saturated rings. The van der Waals surface area contributed by atoms with Crippen LogP contribution in [0.4, 0.5) is 0 Å². The standard InChI is InChI=1S/C12H18N2O4/c1-3-9(12(16)17)13-11(15)10-5-4-6-14(10)7-8-18-2/h4-6,9H,3,7-8H2,1-2H3,(H,13,15)(H,16,17). The summed E-state index contributed by atoms with van der Waals surface area (Å²) in [5.41, 5.74) is 0.437. The van der Waals surface area contributed by atoms with Gasteiger partial charge < -0.3 is 19.7 Å². The summed E-state index contributed by atoms with van der Waals surface area (Å²) in [6.45, 7) is 2.75. The van der Waals surface area contributed by atoms with Crippen LogP contribution < -0.4 is 5.32 Å². The Morgan fingerprint density at radius 1 is 1.56 bits per heavy atom. The molecule has 6 heteroatoms. The van der Waals surface area contributed by atoms with Gasteiger partial charge in [0.2, 0.25) is 0 Å². The number of carboxylic acid groups (broad SMARTS) is 1. The van der Waals surface area contributed by atoms with Crippen LogP contribution >= 0.6 is 0 Å². The normalized spacial score (nSPS) is 12.1. The van der Waals surface area contributed by atoms with Crippen LogP contribution in [0.5, 0.6) is 0 Å². The third-order valence-electron chi connectivity index (χ3n) is 2.61. The zero-order valence-electron chi connectivity index (χ0n) is 10.5. The Labute approximate surface area is 106 Å². The Morgan fingerprint density at radius 3 is 2.83 bits per heavy atom. The number of rotatable bonds is 7. The second kappa shape index (κ2) is 6.80. The largest absolute Gasteiger partial charge is 0.480 e. The Morgan fingerprint density at radius 2 is 2.28 bits per heavy atom. The van der Waals surface area contributed by atoms with Gasteiger partial charge in [-0.05, 0) is 18.6 Å². The fraction of sp³-hybridized carbons (Fsp3) is 0.500. The lowest BCUT2D eigenvalue weighted by atomic mass is 10.2. The van der Waals surface area contributed by atoms with Crippen molar-refractivity contribution in [1.82, 2.24) is 9.88 Å². The number of ether oxygens (including phenoxy) is 1. The lowest BCUT2D eigenvalue weighted by molar-refractivity contribution is -0.139. The maximum absolute atomic E-state index is 11.9. The number of aliphatic carboxylic acids is 1. The first kappa shape index (κ1) is 14.2. The lowest BCUT2D eigenvalue weighted by Gasteiger charge is -2.13. The first-order chi connectivity index (χ1) is 8.60. The summed E-state index contributed by atoms with van der Waals surface area (Å²) >= 11 is 0. The number of hydrogen-bond acceptors (Lipinski definition) is 3. The van der Waals surface area contributed by atoms with Crippen molar-refractivity contribution >= 4 is 11.9 Å². The van der Waals surface area contributed by atoms with Crippen LogP contribution in [0.1, 0.15) is 23.8 Å². The van der Waals surface area contributed by atoms with Crippen molar-refractivity contribution in [2.45, 2.75) is 25.9 Å². The monoisotopic (exact) mass is 254 g/mol. The van der Waals surface area contributed by atoms with Crippen molar-refractivity contribution in [1.29, 1.82) is 0 Å². The average molecular weight is 254 g/mol. The fourth-order valence-electron chi connectivity index (χ4n) is 1.58. The molecule has 1 unspecified atom stereocenters. The molecule has 0 radical (unpaired) electrons. The van der Waals surface area contributed by atoms with Crippen molar-refractivity contribution in [2.24, 2.45) is 0 Å². The smallest absolute Gasteiger partial charge is 0.326 e. The molecule has 0 saturated carbocycles. The van der Waals surface area contributed by atoms with E-state index in [1.54, 1.807) is 36.9 Å². The number of carbonyl (C=O) groups excluding carboxylic acids is 1. The number of carboxylic acids is 1. The van der Waals surface area contributed by atoms with Crippen LogP contribution in [0.25, 0.3) is 0 Å². The van der Waals surface area contributed by atoms with E-state index >= 15 is 0 Å². The van der Waals surface area contributed by atoms with Crippen molar-refractivity contribution in [3.8, 4) is 0 Å². The first-order valence-electron chi connectivity index (χ1n) is 5.77. The molecule has 0 spiro atoms. The summed E-state index contributed by atoms with van der Waals surface area (Å²) in [7, 11) is 1.58. The Hall–Kier alpha value is -1.82. The average Bonchev–Trinajstić information content (AvgIpc) is 2.80. The summed E-state index contributed by atoms with van der Waals surface area (Å²) in [5.74, 6) is -1.41. The minimum Gasteiger partial charge on any atom is -0.480 e. The van der Waals surface area contributed by atoms with E-state index < -0.39 is 12.0 Å². The van der Waals surface area contributed by atoms with E-state index in [-0.39, 0.29) is 5.91 Å². The molecule has 1 aromatic heterocycles. The summed E-state index contributed by atoms with van der Waals surface area (Å²) in [6.07, 6.45) is 2.11. The number of carbonyl (C=O) groups is 2. The number of nitrogens with one attached hydrogen (secondary N) is 1. The summed E-state index contributed by atoms with van der Waals surface area (Å²) in [4.78, 5) is 22.8. The lowest BCUT2D eigenvalue weighted by Crippen LogP contribution is -2.41. The highest BCUT2D eigenvalue weighted by Crippen LogP contribution is 2.04. The molecule has 0 saturated heterocycles.